The summed E-state index contributed by atoms with van der Waals surface area (Å²) in [5, 5.41) is 0. The summed E-state index contributed by atoms with van der Waals surface area (Å²) < 4.78 is 7.44. The smallest absolute Gasteiger partial charge is 0.264 e. The van der Waals surface area contributed by atoms with Crippen LogP contribution in [0.2, 0.25) is 0 Å². The van der Waals surface area contributed by atoms with E-state index in [1.54, 1.807) is 43.5 Å². The second kappa shape index (κ2) is 8.10. The third kappa shape index (κ3) is 3.96. The number of amides is 1. The molecule has 0 saturated heterocycles. The normalized spacial score (nSPS) is 14.8. The molecule has 0 aliphatic carbocycles. The number of likely N-dealkylation sites (N-methyl/N-ethyl adjacent to an activating group) is 1. The van der Waals surface area contributed by atoms with E-state index < -0.39 is 0 Å². The highest BCUT2D eigenvalue weighted by Gasteiger charge is 2.27. The van der Waals surface area contributed by atoms with E-state index >= 15 is 0 Å². The molecule has 0 radical (unpaired) electrons. The van der Waals surface area contributed by atoms with Crippen LogP contribution in [0.15, 0.2) is 53.7 Å². The monoisotopic (exact) mass is 404 g/mol. The zero-order valence-corrected chi connectivity index (χ0v) is 17.3. The van der Waals surface area contributed by atoms with E-state index in [0.717, 1.165) is 23.4 Å². The quantitative estimate of drug-likeness (QED) is 0.653. The highest BCUT2D eigenvalue weighted by molar-refractivity contribution is 5.95. The molecule has 0 fully saturated rings. The third-order valence-corrected chi connectivity index (χ3v) is 5.29. The van der Waals surface area contributed by atoms with E-state index in [9.17, 15) is 9.59 Å². The van der Waals surface area contributed by atoms with Crippen LogP contribution in [0.3, 0.4) is 0 Å². The van der Waals surface area contributed by atoms with Crippen molar-refractivity contribution in [3.8, 4) is 5.75 Å². The first kappa shape index (κ1) is 19.8. The van der Waals surface area contributed by atoms with Gasteiger partial charge in [-0.2, -0.15) is 0 Å². The Morgan fingerprint density at radius 2 is 2.00 bits per heavy atom. The Balaban J connectivity index is 1.52. The molecular formula is C23H24N4O3. The van der Waals surface area contributed by atoms with Gasteiger partial charge in [0, 0.05) is 25.9 Å². The first-order valence-corrected chi connectivity index (χ1v) is 9.90. The fourth-order valence-corrected chi connectivity index (χ4v) is 3.66. The van der Waals surface area contributed by atoms with Crippen LogP contribution in [0, 0.1) is 13.8 Å². The highest BCUT2D eigenvalue weighted by Crippen LogP contribution is 2.28. The first-order valence-electron chi connectivity index (χ1n) is 9.90. The first-order chi connectivity index (χ1) is 14.4. The van der Waals surface area contributed by atoms with Gasteiger partial charge in [-0.1, -0.05) is 18.2 Å². The van der Waals surface area contributed by atoms with Crippen LogP contribution in [-0.4, -0.2) is 45.0 Å². The summed E-state index contributed by atoms with van der Waals surface area (Å²) in [4.78, 5) is 36.3. The summed E-state index contributed by atoms with van der Waals surface area (Å²) >= 11 is 0. The van der Waals surface area contributed by atoms with Crippen molar-refractivity contribution in [2.45, 2.75) is 32.9 Å². The zero-order chi connectivity index (χ0) is 21.3. The average molecular weight is 404 g/mol. The summed E-state index contributed by atoms with van der Waals surface area (Å²) in [7, 11) is 1.70. The summed E-state index contributed by atoms with van der Waals surface area (Å²) in [5.74, 6) is 0.558. The number of ether oxygens (including phenoxy) is 1. The largest absolute Gasteiger partial charge is 0.488 e. The number of carbonyl (C=O) groups is 1. The third-order valence-electron chi connectivity index (χ3n) is 5.29. The van der Waals surface area contributed by atoms with Gasteiger partial charge in [0.15, 0.2) is 0 Å². The van der Waals surface area contributed by atoms with Gasteiger partial charge in [0.2, 0.25) is 0 Å². The molecule has 0 saturated carbocycles. The Morgan fingerprint density at radius 3 is 2.73 bits per heavy atom. The maximum absolute atomic E-state index is 13.1. The standard InChI is InChI=1S/C23H24N4O3/c1-15-8-9-27(13-18-12-24-16(2)11-25-18)23(29)21(15)22(28)26(3)14-19-10-17-6-4-5-7-20(17)30-19/h4-9,11-12,19H,10,13-14H2,1-3H3. The van der Waals surface area contributed by atoms with Crippen LogP contribution in [0.1, 0.15) is 32.9 Å². The van der Waals surface area contributed by atoms with Gasteiger partial charge in [-0.25, -0.2) is 0 Å². The van der Waals surface area contributed by atoms with Crippen LogP contribution in [0.5, 0.6) is 5.75 Å². The molecular weight excluding hydrogens is 380 g/mol. The minimum Gasteiger partial charge on any atom is -0.488 e. The number of hydrogen-bond donors (Lipinski definition) is 0. The molecule has 2 aromatic heterocycles. The Labute approximate surface area is 175 Å². The summed E-state index contributed by atoms with van der Waals surface area (Å²) in [6.45, 7) is 4.30. The second-order valence-electron chi connectivity index (χ2n) is 7.69. The van der Waals surface area contributed by atoms with E-state index in [4.69, 9.17) is 4.74 Å². The number of para-hydroxylation sites is 1. The minimum atomic E-state index is -0.329. The van der Waals surface area contributed by atoms with Crippen molar-refractivity contribution in [3.05, 3.63) is 87.4 Å². The average Bonchev–Trinajstić information content (AvgIpc) is 3.14. The molecule has 30 heavy (non-hydrogen) atoms. The van der Waals surface area contributed by atoms with Gasteiger partial charge in [0.05, 0.1) is 30.7 Å². The molecule has 1 aliphatic rings. The lowest BCUT2D eigenvalue weighted by Crippen LogP contribution is -2.40. The van der Waals surface area contributed by atoms with Crippen molar-refractivity contribution in [1.82, 2.24) is 19.4 Å². The van der Waals surface area contributed by atoms with Crippen LogP contribution in [0.25, 0.3) is 0 Å². The van der Waals surface area contributed by atoms with Gasteiger partial charge in [-0.05, 0) is 37.1 Å². The Bertz CT molecular complexity index is 1110. The molecule has 0 bridgehead atoms. The van der Waals surface area contributed by atoms with Crippen molar-refractivity contribution in [3.63, 3.8) is 0 Å². The van der Waals surface area contributed by atoms with Gasteiger partial charge >= 0.3 is 0 Å². The van der Waals surface area contributed by atoms with Gasteiger partial charge in [-0.15, -0.1) is 0 Å². The fourth-order valence-electron chi connectivity index (χ4n) is 3.66. The molecule has 0 N–H and O–H groups in total. The van der Waals surface area contributed by atoms with Crippen molar-refractivity contribution < 1.29 is 9.53 Å². The number of nitrogens with zero attached hydrogens (tertiary/aromatic N) is 4. The Kier molecular flexibility index (Phi) is 5.35. The number of benzene rings is 1. The van der Waals surface area contributed by atoms with Crippen LogP contribution < -0.4 is 10.3 Å². The van der Waals surface area contributed by atoms with E-state index in [0.29, 0.717) is 17.8 Å². The van der Waals surface area contributed by atoms with Crippen molar-refractivity contribution in [2.75, 3.05) is 13.6 Å². The minimum absolute atomic E-state index is 0.120. The fraction of sp³-hybridized carbons (Fsp3) is 0.304. The maximum Gasteiger partial charge on any atom is 0.264 e. The summed E-state index contributed by atoms with van der Waals surface area (Å²) in [6, 6.07) is 9.67. The van der Waals surface area contributed by atoms with Gasteiger partial charge in [-0.3, -0.25) is 19.6 Å². The molecule has 0 spiro atoms. The summed E-state index contributed by atoms with van der Waals surface area (Å²) in [6.07, 6.45) is 5.62. The molecule has 7 nitrogen and oxygen atoms in total. The number of aryl methyl sites for hydroxylation is 2. The Hall–Kier alpha value is -3.48. The SMILES string of the molecule is Cc1cnc(Cn2ccc(C)c(C(=O)N(C)CC3Cc4ccccc4O3)c2=O)cn1. The van der Waals surface area contributed by atoms with E-state index in [-0.39, 0.29) is 29.7 Å². The molecule has 3 aromatic rings. The molecule has 1 amide bonds. The predicted octanol–water partition coefficient (Wildman–Crippen LogP) is 2.38. The predicted molar refractivity (Wildman–Crippen MR) is 113 cm³/mol. The highest BCUT2D eigenvalue weighted by atomic mass is 16.5. The number of carbonyl (C=O) groups excluding carboxylic acids is 1. The van der Waals surface area contributed by atoms with Crippen LogP contribution in [0.4, 0.5) is 0 Å². The topological polar surface area (TPSA) is 77.3 Å². The molecule has 7 heteroatoms. The molecule has 3 heterocycles. The lowest BCUT2D eigenvalue weighted by Gasteiger charge is -2.22. The molecule has 1 unspecified atom stereocenters. The van der Waals surface area contributed by atoms with Crippen LogP contribution in [-0.2, 0) is 13.0 Å². The molecule has 4 rings (SSSR count). The van der Waals surface area contributed by atoms with Gasteiger partial charge in [0.1, 0.15) is 17.4 Å². The lowest BCUT2D eigenvalue weighted by molar-refractivity contribution is 0.0727. The van der Waals surface area contributed by atoms with E-state index in [1.807, 2.05) is 31.2 Å². The zero-order valence-electron chi connectivity index (χ0n) is 17.3. The summed E-state index contributed by atoms with van der Waals surface area (Å²) in [5.41, 5.74) is 3.11. The van der Waals surface area contributed by atoms with E-state index in [2.05, 4.69) is 9.97 Å². The number of hydrogen-bond acceptors (Lipinski definition) is 5. The molecule has 1 aromatic carbocycles. The van der Waals surface area contributed by atoms with Gasteiger partial charge < -0.3 is 14.2 Å². The van der Waals surface area contributed by atoms with Crippen molar-refractivity contribution >= 4 is 5.91 Å². The van der Waals surface area contributed by atoms with E-state index in [1.165, 1.54) is 4.57 Å². The number of fused-ring (bicyclic) bond motifs is 1. The Morgan fingerprint density at radius 1 is 1.20 bits per heavy atom. The lowest BCUT2D eigenvalue weighted by atomic mass is 10.1. The molecule has 1 atom stereocenters. The molecule has 154 valence electrons. The van der Waals surface area contributed by atoms with Gasteiger partial charge in [0.25, 0.3) is 11.5 Å². The van der Waals surface area contributed by atoms with Crippen molar-refractivity contribution in [2.24, 2.45) is 0 Å². The van der Waals surface area contributed by atoms with Crippen LogP contribution >= 0.6 is 0 Å². The second-order valence-corrected chi connectivity index (χ2v) is 7.69. The van der Waals surface area contributed by atoms with Crippen molar-refractivity contribution in [1.29, 1.82) is 0 Å². The number of rotatable bonds is 5. The molecule has 1 aliphatic heterocycles. The maximum atomic E-state index is 13.1. The number of pyridine rings is 1. The number of aromatic nitrogens is 3.